The number of aryl methyl sites for hydroxylation is 1. The lowest BCUT2D eigenvalue weighted by Gasteiger charge is -2.13. The second kappa shape index (κ2) is 7.27. The number of carbonyl (C=O) groups excluding carboxylic acids is 1. The summed E-state index contributed by atoms with van der Waals surface area (Å²) in [7, 11) is -3.68. The highest BCUT2D eigenvalue weighted by atomic mass is 32.2. The van der Waals surface area contributed by atoms with Crippen LogP contribution in [0.15, 0.2) is 53.4 Å². The van der Waals surface area contributed by atoms with Crippen LogP contribution in [0.3, 0.4) is 0 Å². The molecule has 1 amide bonds. The van der Waals surface area contributed by atoms with Crippen LogP contribution in [-0.2, 0) is 10.0 Å². The summed E-state index contributed by atoms with van der Waals surface area (Å²) < 4.78 is 27.6. The van der Waals surface area contributed by atoms with Crippen LogP contribution in [0, 0.1) is 6.92 Å². The molecule has 0 heterocycles. The molecule has 5 nitrogen and oxygen atoms in total. The summed E-state index contributed by atoms with van der Waals surface area (Å²) in [6.07, 6.45) is 4.32. The summed E-state index contributed by atoms with van der Waals surface area (Å²) >= 11 is 0. The highest BCUT2D eigenvalue weighted by Crippen LogP contribution is 2.21. The Morgan fingerprint density at radius 3 is 2.28 bits per heavy atom. The van der Waals surface area contributed by atoms with Gasteiger partial charge in [-0.2, -0.15) is 0 Å². The molecule has 0 radical (unpaired) electrons. The van der Waals surface area contributed by atoms with E-state index in [1.54, 1.807) is 24.3 Å². The minimum atomic E-state index is -3.68. The molecule has 0 aromatic heterocycles. The largest absolute Gasteiger partial charge is 0.349 e. The van der Waals surface area contributed by atoms with E-state index in [1.165, 1.54) is 12.1 Å². The van der Waals surface area contributed by atoms with Gasteiger partial charge in [0.15, 0.2) is 0 Å². The van der Waals surface area contributed by atoms with Gasteiger partial charge in [0.2, 0.25) is 0 Å². The number of carbonyl (C=O) groups is 1. The molecule has 1 fully saturated rings. The van der Waals surface area contributed by atoms with Crippen molar-refractivity contribution >= 4 is 21.6 Å². The monoisotopic (exact) mass is 358 g/mol. The zero-order chi connectivity index (χ0) is 17.9. The summed E-state index contributed by atoms with van der Waals surface area (Å²) in [5, 5.41) is 3.00. The van der Waals surface area contributed by atoms with Crippen molar-refractivity contribution in [2.45, 2.75) is 43.5 Å². The third-order valence-corrected chi connectivity index (χ3v) is 5.89. The first-order valence-electron chi connectivity index (χ1n) is 8.45. The summed E-state index contributed by atoms with van der Waals surface area (Å²) in [6.45, 7) is 1.84. The Balaban J connectivity index is 1.72. The number of amides is 1. The molecule has 0 atom stereocenters. The first-order valence-corrected chi connectivity index (χ1v) is 9.93. The molecule has 1 aliphatic carbocycles. The molecule has 25 heavy (non-hydrogen) atoms. The van der Waals surface area contributed by atoms with Crippen LogP contribution in [0.4, 0.5) is 5.69 Å². The van der Waals surface area contributed by atoms with E-state index in [1.807, 2.05) is 19.1 Å². The van der Waals surface area contributed by atoms with E-state index in [4.69, 9.17) is 0 Å². The van der Waals surface area contributed by atoms with Gasteiger partial charge in [0, 0.05) is 11.6 Å². The molecule has 2 N–H and O–H groups in total. The van der Waals surface area contributed by atoms with Crippen molar-refractivity contribution < 1.29 is 13.2 Å². The molecule has 6 heteroatoms. The van der Waals surface area contributed by atoms with Gasteiger partial charge in [-0.15, -0.1) is 0 Å². The molecule has 1 saturated carbocycles. The van der Waals surface area contributed by atoms with Crippen molar-refractivity contribution in [1.29, 1.82) is 0 Å². The molecular weight excluding hydrogens is 336 g/mol. The molecule has 0 unspecified atom stereocenters. The highest BCUT2D eigenvalue weighted by Gasteiger charge is 2.19. The van der Waals surface area contributed by atoms with E-state index < -0.39 is 10.0 Å². The van der Waals surface area contributed by atoms with E-state index in [2.05, 4.69) is 10.0 Å². The molecular formula is C19H22N2O3S. The number of hydrogen-bond donors (Lipinski definition) is 2. The van der Waals surface area contributed by atoms with Crippen molar-refractivity contribution in [3.63, 3.8) is 0 Å². The smallest absolute Gasteiger partial charge is 0.261 e. The third-order valence-electron chi connectivity index (χ3n) is 4.51. The molecule has 3 rings (SSSR count). The number of rotatable bonds is 5. The lowest BCUT2D eigenvalue weighted by Crippen LogP contribution is -2.32. The van der Waals surface area contributed by atoms with Gasteiger partial charge in [-0.1, -0.05) is 31.0 Å². The number of nitrogens with one attached hydrogen (secondary N) is 2. The van der Waals surface area contributed by atoms with E-state index in [0.29, 0.717) is 11.3 Å². The second-order valence-electron chi connectivity index (χ2n) is 6.40. The van der Waals surface area contributed by atoms with Crippen molar-refractivity contribution in [1.82, 2.24) is 5.32 Å². The van der Waals surface area contributed by atoms with Crippen molar-refractivity contribution in [3.8, 4) is 0 Å². The van der Waals surface area contributed by atoms with Gasteiger partial charge >= 0.3 is 0 Å². The number of hydrogen-bond acceptors (Lipinski definition) is 3. The molecule has 2 aromatic carbocycles. The summed E-state index contributed by atoms with van der Waals surface area (Å²) in [6, 6.07) is 13.5. The van der Waals surface area contributed by atoms with Gasteiger partial charge in [-0.25, -0.2) is 8.42 Å². The fraction of sp³-hybridized carbons (Fsp3) is 0.316. The Hall–Kier alpha value is -2.34. The fourth-order valence-corrected chi connectivity index (χ4v) is 4.15. The molecule has 2 aromatic rings. The van der Waals surface area contributed by atoms with Gasteiger partial charge in [0.25, 0.3) is 15.9 Å². The minimum Gasteiger partial charge on any atom is -0.349 e. The zero-order valence-electron chi connectivity index (χ0n) is 14.2. The van der Waals surface area contributed by atoms with Crippen molar-refractivity contribution in [3.05, 3.63) is 59.7 Å². The number of para-hydroxylation sites is 1. The maximum atomic E-state index is 12.5. The first-order chi connectivity index (χ1) is 12.0. The third kappa shape index (κ3) is 4.20. The SMILES string of the molecule is Cc1ccccc1NS(=O)(=O)c1ccc(C(=O)NC2CCCC2)cc1. The zero-order valence-corrected chi connectivity index (χ0v) is 15.0. The summed E-state index contributed by atoms with van der Waals surface area (Å²) in [5.74, 6) is -0.150. The second-order valence-corrected chi connectivity index (χ2v) is 8.08. The molecule has 132 valence electrons. The quantitative estimate of drug-likeness (QED) is 0.859. The molecule has 0 aliphatic heterocycles. The Bertz CT molecular complexity index is 854. The van der Waals surface area contributed by atoms with Crippen LogP contribution in [0.5, 0.6) is 0 Å². The normalized spacial score (nSPS) is 15.1. The van der Waals surface area contributed by atoms with Crippen LogP contribution in [-0.4, -0.2) is 20.4 Å². The standard InChI is InChI=1S/C19H22N2O3S/c1-14-6-2-5-9-18(14)21-25(23,24)17-12-10-15(11-13-17)19(22)20-16-7-3-4-8-16/h2,5-6,9-13,16,21H,3-4,7-8H2,1H3,(H,20,22). The molecule has 1 aliphatic rings. The minimum absolute atomic E-state index is 0.133. The Morgan fingerprint density at radius 1 is 1.00 bits per heavy atom. The Morgan fingerprint density at radius 2 is 1.64 bits per heavy atom. The van der Waals surface area contributed by atoms with Gasteiger partial charge in [0.1, 0.15) is 0 Å². The Labute approximate surface area is 148 Å². The van der Waals surface area contributed by atoms with E-state index >= 15 is 0 Å². The average Bonchev–Trinajstić information content (AvgIpc) is 3.10. The molecule has 0 spiro atoms. The number of benzene rings is 2. The van der Waals surface area contributed by atoms with Crippen molar-refractivity contribution in [2.75, 3.05) is 4.72 Å². The van der Waals surface area contributed by atoms with Crippen LogP contribution >= 0.6 is 0 Å². The summed E-state index contributed by atoms with van der Waals surface area (Å²) in [4.78, 5) is 12.4. The van der Waals surface area contributed by atoms with Crippen LogP contribution in [0.1, 0.15) is 41.6 Å². The average molecular weight is 358 g/mol. The van der Waals surface area contributed by atoms with E-state index in [9.17, 15) is 13.2 Å². The Kier molecular flexibility index (Phi) is 5.08. The van der Waals surface area contributed by atoms with Gasteiger partial charge in [0.05, 0.1) is 10.6 Å². The number of sulfonamides is 1. The maximum Gasteiger partial charge on any atom is 0.261 e. The number of anilines is 1. The van der Waals surface area contributed by atoms with Crippen LogP contribution in [0.2, 0.25) is 0 Å². The lowest BCUT2D eigenvalue weighted by molar-refractivity contribution is 0.0938. The maximum absolute atomic E-state index is 12.5. The van der Waals surface area contributed by atoms with Crippen molar-refractivity contribution in [2.24, 2.45) is 0 Å². The van der Waals surface area contributed by atoms with Crippen LogP contribution < -0.4 is 10.0 Å². The fourth-order valence-electron chi connectivity index (χ4n) is 3.02. The first kappa shape index (κ1) is 17.5. The topological polar surface area (TPSA) is 75.3 Å². The van der Waals surface area contributed by atoms with E-state index in [-0.39, 0.29) is 16.8 Å². The molecule has 0 bridgehead atoms. The predicted molar refractivity (Wildman–Crippen MR) is 98.2 cm³/mol. The van der Waals surface area contributed by atoms with Gasteiger partial charge < -0.3 is 5.32 Å². The van der Waals surface area contributed by atoms with Gasteiger partial charge in [-0.3, -0.25) is 9.52 Å². The molecule has 0 saturated heterocycles. The van der Waals surface area contributed by atoms with Crippen LogP contribution in [0.25, 0.3) is 0 Å². The van der Waals surface area contributed by atoms with Gasteiger partial charge in [-0.05, 0) is 55.7 Å². The summed E-state index contributed by atoms with van der Waals surface area (Å²) in [5.41, 5.74) is 1.87. The lowest BCUT2D eigenvalue weighted by atomic mass is 10.2. The highest BCUT2D eigenvalue weighted by molar-refractivity contribution is 7.92. The predicted octanol–water partition coefficient (Wildman–Crippen LogP) is 3.47. The van der Waals surface area contributed by atoms with E-state index in [0.717, 1.165) is 31.2 Å².